The van der Waals surface area contributed by atoms with E-state index in [1.54, 1.807) is 0 Å². The summed E-state index contributed by atoms with van der Waals surface area (Å²) in [6.07, 6.45) is 0.853. The molecule has 0 spiro atoms. The fourth-order valence-electron chi connectivity index (χ4n) is 2.66. The van der Waals surface area contributed by atoms with Crippen LogP contribution in [0.4, 0.5) is 0 Å². The molecular formula is C16H32O3S2. The van der Waals surface area contributed by atoms with Crippen molar-refractivity contribution in [1.82, 2.24) is 0 Å². The van der Waals surface area contributed by atoms with Crippen molar-refractivity contribution in [3.8, 4) is 0 Å². The Labute approximate surface area is 131 Å². The lowest BCUT2D eigenvalue weighted by atomic mass is 9.81. The Morgan fingerprint density at radius 1 is 0.810 bits per heavy atom. The molecule has 0 aromatic heterocycles. The molecule has 2 fully saturated rings. The van der Waals surface area contributed by atoms with E-state index in [-0.39, 0.29) is 5.41 Å². The molecule has 2 saturated heterocycles. The average molecular weight is 337 g/mol. The Morgan fingerprint density at radius 2 is 1.24 bits per heavy atom. The maximum absolute atomic E-state index is 11.2. The number of sulfone groups is 1. The van der Waals surface area contributed by atoms with Crippen LogP contribution in [0.2, 0.25) is 0 Å². The van der Waals surface area contributed by atoms with Crippen LogP contribution in [0.3, 0.4) is 0 Å². The van der Waals surface area contributed by atoms with Crippen LogP contribution in [-0.4, -0.2) is 41.5 Å². The predicted octanol–water partition coefficient (Wildman–Crippen LogP) is 2.85. The molecule has 1 unspecified atom stereocenters. The van der Waals surface area contributed by atoms with E-state index in [1.807, 2.05) is 0 Å². The SMILES string of the molecule is C=S1(=O)CC(C(C)(C)C)C1.CC(C)(C)C1CCS(=O)(=O)C1. The van der Waals surface area contributed by atoms with Crippen LogP contribution in [-0.2, 0) is 19.4 Å². The van der Waals surface area contributed by atoms with E-state index < -0.39 is 19.4 Å². The minimum atomic E-state index is -2.68. The predicted molar refractivity (Wildman–Crippen MR) is 94.2 cm³/mol. The van der Waals surface area contributed by atoms with Gasteiger partial charge in [0, 0.05) is 11.5 Å². The zero-order valence-corrected chi connectivity index (χ0v) is 16.1. The van der Waals surface area contributed by atoms with Gasteiger partial charge in [0.15, 0.2) is 9.84 Å². The van der Waals surface area contributed by atoms with Gasteiger partial charge in [0.25, 0.3) is 0 Å². The first-order valence-corrected chi connectivity index (χ1v) is 11.5. The van der Waals surface area contributed by atoms with E-state index >= 15 is 0 Å². The quantitative estimate of drug-likeness (QED) is 0.639. The minimum absolute atomic E-state index is 0.156. The summed E-state index contributed by atoms with van der Waals surface area (Å²) in [5.74, 6) is 7.16. The molecule has 2 aliphatic heterocycles. The summed E-state index contributed by atoms with van der Waals surface area (Å²) >= 11 is 0. The van der Waals surface area contributed by atoms with E-state index in [2.05, 4.69) is 47.4 Å². The van der Waals surface area contributed by atoms with Gasteiger partial charge in [-0.2, -0.15) is 0 Å². The normalized spacial score (nSPS) is 35.5. The largest absolute Gasteiger partial charge is 0.268 e. The molecule has 3 nitrogen and oxygen atoms in total. The molecule has 0 bridgehead atoms. The standard InChI is InChI=1S/C8H16O2S.C8H16OS/c1-8(2,3)7-4-5-11(9,10)6-7;1-8(2,3)7-5-10(4,9)6-7/h7H,4-6H2,1-3H3;7H,4-6H2,1-3H3. The van der Waals surface area contributed by atoms with Crippen molar-refractivity contribution in [2.45, 2.75) is 48.0 Å². The number of hydrogen-bond donors (Lipinski definition) is 0. The van der Waals surface area contributed by atoms with Crippen LogP contribution >= 0.6 is 0 Å². The topological polar surface area (TPSA) is 51.2 Å². The zero-order valence-electron chi connectivity index (χ0n) is 14.4. The lowest BCUT2D eigenvalue weighted by Crippen LogP contribution is -2.43. The molecule has 0 saturated carbocycles. The van der Waals surface area contributed by atoms with Crippen molar-refractivity contribution in [2.24, 2.45) is 22.7 Å². The molecule has 21 heavy (non-hydrogen) atoms. The number of hydrogen-bond acceptors (Lipinski definition) is 3. The van der Waals surface area contributed by atoms with Crippen LogP contribution in [0.15, 0.2) is 0 Å². The highest BCUT2D eigenvalue weighted by Gasteiger charge is 2.37. The summed E-state index contributed by atoms with van der Waals surface area (Å²) in [6.45, 7) is 12.9. The zero-order chi connectivity index (χ0) is 16.7. The Hall–Kier alpha value is -0.0300. The first-order valence-electron chi connectivity index (χ1n) is 7.65. The first-order chi connectivity index (χ1) is 9.12. The summed E-state index contributed by atoms with van der Waals surface area (Å²) in [7, 11) is -4.29. The summed E-state index contributed by atoms with van der Waals surface area (Å²) in [5, 5.41) is 0. The van der Waals surface area contributed by atoms with E-state index in [9.17, 15) is 12.6 Å². The Morgan fingerprint density at radius 3 is 1.38 bits per heavy atom. The summed E-state index contributed by atoms with van der Waals surface area (Å²) in [4.78, 5) is 0. The second-order valence-corrected chi connectivity index (χ2v) is 13.7. The van der Waals surface area contributed by atoms with Gasteiger partial charge < -0.3 is 0 Å². The van der Waals surface area contributed by atoms with Crippen molar-refractivity contribution >= 4 is 25.2 Å². The van der Waals surface area contributed by atoms with E-state index in [4.69, 9.17) is 0 Å². The average Bonchev–Trinajstić information content (AvgIpc) is 2.54. The van der Waals surface area contributed by atoms with Gasteiger partial charge in [0.05, 0.1) is 11.5 Å². The van der Waals surface area contributed by atoms with Gasteiger partial charge in [-0.05, 0) is 44.5 Å². The molecule has 0 aromatic rings. The van der Waals surface area contributed by atoms with Crippen LogP contribution in [0.1, 0.15) is 48.0 Å². The van der Waals surface area contributed by atoms with Crippen LogP contribution in [0, 0.1) is 22.7 Å². The molecule has 2 rings (SSSR count). The van der Waals surface area contributed by atoms with Crippen molar-refractivity contribution in [3.05, 3.63) is 0 Å². The van der Waals surface area contributed by atoms with Gasteiger partial charge in [0.1, 0.15) is 0 Å². The molecule has 2 heterocycles. The van der Waals surface area contributed by atoms with Gasteiger partial charge in [-0.25, -0.2) is 8.42 Å². The van der Waals surface area contributed by atoms with Crippen molar-refractivity contribution in [2.75, 3.05) is 23.0 Å². The van der Waals surface area contributed by atoms with E-state index in [0.717, 1.165) is 17.9 Å². The van der Waals surface area contributed by atoms with Crippen molar-refractivity contribution < 1.29 is 12.6 Å². The third-order valence-electron chi connectivity index (χ3n) is 4.69. The molecule has 0 aromatic carbocycles. The summed E-state index contributed by atoms with van der Waals surface area (Å²) in [5.41, 5.74) is 0.488. The lowest BCUT2D eigenvalue weighted by Gasteiger charge is -2.40. The minimum Gasteiger partial charge on any atom is -0.268 e. The summed E-state index contributed by atoms with van der Waals surface area (Å²) < 4.78 is 33.4. The van der Waals surface area contributed by atoms with Crippen LogP contribution in [0.25, 0.3) is 0 Å². The third-order valence-corrected chi connectivity index (χ3v) is 8.48. The van der Waals surface area contributed by atoms with E-state index in [1.165, 1.54) is 0 Å². The molecule has 0 aliphatic carbocycles. The Balaban J connectivity index is 0.000000211. The third kappa shape index (κ3) is 5.93. The molecule has 0 radical (unpaired) electrons. The maximum Gasteiger partial charge on any atom is 0.150 e. The van der Waals surface area contributed by atoms with E-state index in [0.29, 0.717) is 28.8 Å². The lowest BCUT2D eigenvalue weighted by molar-refractivity contribution is 0.268. The van der Waals surface area contributed by atoms with Crippen LogP contribution < -0.4 is 0 Å². The number of rotatable bonds is 0. The molecule has 2 aliphatic rings. The highest BCUT2D eigenvalue weighted by molar-refractivity contribution is 8.01. The van der Waals surface area contributed by atoms with Gasteiger partial charge >= 0.3 is 0 Å². The van der Waals surface area contributed by atoms with Gasteiger partial charge in [-0.1, -0.05) is 41.5 Å². The van der Waals surface area contributed by atoms with Gasteiger partial charge in [-0.15, -0.1) is 0 Å². The van der Waals surface area contributed by atoms with Crippen LogP contribution in [0.5, 0.6) is 0 Å². The smallest absolute Gasteiger partial charge is 0.150 e. The molecular weight excluding hydrogens is 304 g/mol. The Bertz CT molecular complexity index is 546. The van der Waals surface area contributed by atoms with Crippen molar-refractivity contribution in [3.63, 3.8) is 0 Å². The second-order valence-electron chi connectivity index (χ2n) is 8.83. The fourth-order valence-corrected chi connectivity index (χ4v) is 7.12. The van der Waals surface area contributed by atoms with Gasteiger partial charge in [-0.3, -0.25) is 4.21 Å². The molecule has 5 heteroatoms. The fraction of sp³-hybridized carbons (Fsp3) is 0.938. The summed E-state index contributed by atoms with van der Waals surface area (Å²) in [6, 6.07) is 0. The molecule has 0 amide bonds. The monoisotopic (exact) mass is 336 g/mol. The Kier molecular flexibility index (Phi) is 5.32. The molecule has 1 atom stereocenters. The molecule has 0 N–H and O–H groups in total. The second kappa shape index (κ2) is 5.88. The molecule has 126 valence electrons. The van der Waals surface area contributed by atoms with Crippen molar-refractivity contribution in [1.29, 1.82) is 0 Å². The maximum atomic E-state index is 11.2. The van der Waals surface area contributed by atoms with Gasteiger partial charge in [0.2, 0.25) is 0 Å². The highest BCUT2D eigenvalue weighted by atomic mass is 32.2. The highest BCUT2D eigenvalue weighted by Crippen LogP contribution is 2.35. The first kappa shape index (κ1) is 19.0.